The van der Waals surface area contributed by atoms with Crippen molar-refractivity contribution in [3.05, 3.63) is 20.9 Å². The summed E-state index contributed by atoms with van der Waals surface area (Å²) in [6, 6.07) is 1.10. The quantitative estimate of drug-likeness (QED) is 0.679. The summed E-state index contributed by atoms with van der Waals surface area (Å²) in [4.78, 5) is 14.8. The molecule has 0 fully saturated rings. The van der Waals surface area contributed by atoms with Gasteiger partial charge in [-0.1, -0.05) is 0 Å². The van der Waals surface area contributed by atoms with Gasteiger partial charge in [0.15, 0.2) is 0 Å². The monoisotopic (exact) mass is 328 g/mol. The Balaban J connectivity index is 3.47. The molecule has 0 bridgehead atoms. The first kappa shape index (κ1) is 12.1. The number of ether oxygens (including phenoxy) is 1. The highest BCUT2D eigenvalue weighted by Crippen LogP contribution is 2.29. The van der Waals surface area contributed by atoms with E-state index in [9.17, 15) is 13.6 Å². The van der Waals surface area contributed by atoms with Crippen LogP contribution in [0, 0.1) is 3.70 Å². The van der Waals surface area contributed by atoms with Gasteiger partial charge >= 0.3 is 0 Å². The number of aromatic nitrogens is 1. The molecule has 0 spiro atoms. The lowest BCUT2D eigenvalue weighted by atomic mass is 10.1. The van der Waals surface area contributed by atoms with Gasteiger partial charge < -0.3 is 10.5 Å². The van der Waals surface area contributed by atoms with Crippen molar-refractivity contribution in [2.45, 2.75) is 6.43 Å². The smallest absolute Gasteiger partial charge is 0.264 e. The number of alkyl halides is 2. The zero-order chi connectivity index (χ0) is 11.6. The van der Waals surface area contributed by atoms with Crippen molar-refractivity contribution in [2.75, 3.05) is 7.11 Å². The summed E-state index contributed by atoms with van der Waals surface area (Å²) < 4.78 is 30.2. The molecule has 82 valence electrons. The van der Waals surface area contributed by atoms with Crippen LogP contribution >= 0.6 is 22.6 Å². The van der Waals surface area contributed by atoms with E-state index in [1.807, 2.05) is 0 Å². The molecular formula is C8H7F2IN2O2. The van der Waals surface area contributed by atoms with E-state index >= 15 is 0 Å². The predicted octanol–water partition coefficient (Wildman–Crippen LogP) is 1.73. The lowest BCUT2D eigenvalue weighted by molar-refractivity contribution is 0.0981. The Kier molecular flexibility index (Phi) is 3.77. The van der Waals surface area contributed by atoms with E-state index in [1.54, 1.807) is 22.6 Å². The third kappa shape index (κ3) is 2.52. The van der Waals surface area contributed by atoms with Crippen LogP contribution in [0.4, 0.5) is 8.78 Å². The number of hydrogen-bond acceptors (Lipinski definition) is 3. The Morgan fingerprint density at radius 3 is 2.67 bits per heavy atom. The van der Waals surface area contributed by atoms with Gasteiger partial charge in [-0.2, -0.15) is 0 Å². The van der Waals surface area contributed by atoms with Gasteiger partial charge in [0.25, 0.3) is 12.3 Å². The van der Waals surface area contributed by atoms with Crippen LogP contribution in [0.3, 0.4) is 0 Å². The summed E-state index contributed by atoms with van der Waals surface area (Å²) in [5.41, 5.74) is 4.16. The van der Waals surface area contributed by atoms with Crippen LogP contribution in [0.2, 0.25) is 0 Å². The number of hydrogen-bond donors (Lipinski definition) is 1. The molecule has 2 N–H and O–H groups in total. The Morgan fingerprint density at radius 1 is 1.67 bits per heavy atom. The van der Waals surface area contributed by atoms with Crippen LogP contribution in [-0.4, -0.2) is 18.0 Å². The van der Waals surface area contributed by atoms with Crippen LogP contribution in [0.1, 0.15) is 22.3 Å². The van der Waals surface area contributed by atoms with Crippen LogP contribution in [-0.2, 0) is 0 Å². The second-order valence-electron chi connectivity index (χ2n) is 2.58. The summed E-state index contributed by atoms with van der Waals surface area (Å²) in [5, 5.41) is 0. The molecule has 1 heterocycles. The van der Waals surface area contributed by atoms with E-state index in [-0.39, 0.29) is 11.4 Å². The molecule has 0 aliphatic heterocycles. The molecule has 1 aromatic heterocycles. The first-order chi connectivity index (χ1) is 6.97. The van der Waals surface area contributed by atoms with Crippen molar-refractivity contribution in [2.24, 2.45) is 5.73 Å². The van der Waals surface area contributed by atoms with E-state index in [0.29, 0.717) is 3.70 Å². The fraction of sp³-hybridized carbons (Fsp3) is 0.250. The SMILES string of the molecule is COc1nc(I)cc(C(F)F)c1C(N)=O. The first-order valence-electron chi connectivity index (χ1n) is 3.79. The molecule has 1 amide bonds. The number of pyridine rings is 1. The normalized spacial score (nSPS) is 10.5. The minimum absolute atomic E-state index is 0.176. The van der Waals surface area contributed by atoms with Gasteiger partial charge in [0.2, 0.25) is 5.88 Å². The largest absolute Gasteiger partial charge is 0.480 e. The van der Waals surface area contributed by atoms with Gasteiger partial charge in [-0.05, 0) is 28.7 Å². The van der Waals surface area contributed by atoms with E-state index in [1.165, 1.54) is 7.11 Å². The summed E-state index contributed by atoms with van der Waals surface area (Å²) in [6.07, 6.45) is -2.79. The highest BCUT2D eigenvalue weighted by molar-refractivity contribution is 14.1. The lowest BCUT2D eigenvalue weighted by Crippen LogP contribution is -2.17. The Hall–Kier alpha value is -0.990. The maximum absolute atomic E-state index is 12.6. The fourth-order valence-corrected chi connectivity index (χ4v) is 1.63. The molecule has 0 unspecified atom stereocenters. The molecule has 0 atom stereocenters. The molecule has 0 aliphatic rings. The van der Waals surface area contributed by atoms with Gasteiger partial charge in [0.05, 0.1) is 7.11 Å². The lowest BCUT2D eigenvalue weighted by Gasteiger charge is -2.10. The van der Waals surface area contributed by atoms with Crippen molar-refractivity contribution in [3.63, 3.8) is 0 Å². The number of nitrogens with zero attached hydrogens (tertiary/aromatic N) is 1. The summed E-state index contributed by atoms with van der Waals surface area (Å²) in [7, 11) is 1.24. The van der Waals surface area contributed by atoms with Gasteiger partial charge in [-0.3, -0.25) is 4.79 Å². The summed E-state index contributed by atoms with van der Waals surface area (Å²) >= 11 is 1.75. The standard InChI is InChI=1S/C8H7F2IN2O2/c1-15-8-5(7(12)14)3(6(9)10)2-4(11)13-8/h2,6H,1H3,(H2,12,14). The second-order valence-corrected chi connectivity index (χ2v) is 3.69. The van der Waals surface area contributed by atoms with Crippen LogP contribution < -0.4 is 10.5 Å². The zero-order valence-electron chi connectivity index (χ0n) is 7.63. The number of primary amides is 1. The average Bonchev–Trinajstić information content (AvgIpc) is 2.15. The van der Waals surface area contributed by atoms with Crippen molar-refractivity contribution >= 4 is 28.5 Å². The van der Waals surface area contributed by atoms with Gasteiger partial charge in [-0.15, -0.1) is 0 Å². The van der Waals surface area contributed by atoms with E-state index < -0.39 is 17.9 Å². The maximum Gasteiger partial charge on any atom is 0.264 e. The molecule has 15 heavy (non-hydrogen) atoms. The second kappa shape index (κ2) is 4.69. The van der Waals surface area contributed by atoms with Crippen LogP contribution in [0.5, 0.6) is 5.88 Å². The molecule has 0 aromatic carbocycles. The minimum Gasteiger partial charge on any atom is -0.480 e. The average molecular weight is 328 g/mol. The molecule has 0 saturated carbocycles. The van der Waals surface area contributed by atoms with Gasteiger partial charge in [0, 0.05) is 5.56 Å². The molecule has 0 aliphatic carbocycles. The van der Waals surface area contributed by atoms with Crippen LogP contribution in [0.25, 0.3) is 0 Å². The molecule has 0 saturated heterocycles. The molecular weight excluding hydrogens is 321 g/mol. The Morgan fingerprint density at radius 2 is 2.27 bits per heavy atom. The maximum atomic E-state index is 12.6. The minimum atomic E-state index is -2.79. The van der Waals surface area contributed by atoms with E-state index in [4.69, 9.17) is 10.5 Å². The number of methoxy groups -OCH3 is 1. The van der Waals surface area contributed by atoms with Crippen molar-refractivity contribution in [3.8, 4) is 5.88 Å². The van der Waals surface area contributed by atoms with Gasteiger partial charge in [-0.25, -0.2) is 13.8 Å². The van der Waals surface area contributed by atoms with Crippen molar-refractivity contribution in [1.82, 2.24) is 4.98 Å². The fourth-order valence-electron chi connectivity index (χ4n) is 1.08. The molecule has 1 rings (SSSR count). The molecule has 0 radical (unpaired) electrons. The third-order valence-corrected chi connectivity index (χ3v) is 2.21. The highest BCUT2D eigenvalue weighted by atomic mass is 127. The number of halogens is 3. The van der Waals surface area contributed by atoms with Crippen LogP contribution in [0.15, 0.2) is 6.07 Å². The predicted molar refractivity (Wildman–Crippen MR) is 57.0 cm³/mol. The zero-order valence-corrected chi connectivity index (χ0v) is 9.79. The first-order valence-corrected chi connectivity index (χ1v) is 4.87. The summed E-state index contributed by atoms with van der Waals surface area (Å²) in [5.74, 6) is -1.16. The highest BCUT2D eigenvalue weighted by Gasteiger charge is 2.23. The molecule has 4 nitrogen and oxygen atoms in total. The van der Waals surface area contributed by atoms with Crippen molar-refractivity contribution in [1.29, 1.82) is 0 Å². The number of nitrogens with two attached hydrogens (primary N) is 1. The van der Waals surface area contributed by atoms with Crippen molar-refractivity contribution < 1.29 is 18.3 Å². The third-order valence-electron chi connectivity index (χ3n) is 1.66. The number of carbonyl (C=O) groups is 1. The molecule has 1 aromatic rings. The topological polar surface area (TPSA) is 65.2 Å². The number of carbonyl (C=O) groups excluding carboxylic acids is 1. The number of amides is 1. The van der Waals surface area contributed by atoms with E-state index in [2.05, 4.69) is 4.98 Å². The summed E-state index contributed by atoms with van der Waals surface area (Å²) in [6.45, 7) is 0. The Labute approximate surface area is 98.0 Å². The molecule has 7 heteroatoms. The number of rotatable bonds is 3. The van der Waals surface area contributed by atoms with E-state index in [0.717, 1.165) is 6.07 Å². The Bertz CT molecular complexity index is 398. The van der Waals surface area contributed by atoms with Gasteiger partial charge in [0.1, 0.15) is 9.26 Å².